The number of hydrogen-bond donors (Lipinski definition) is 0. The summed E-state index contributed by atoms with van der Waals surface area (Å²) in [5, 5.41) is 0. The Morgan fingerprint density at radius 1 is 1.50 bits per heavy atom. The fraction of sp³-hybridized carbons (Fsp3) is 0.111. The number of carbonyl (C=O) groups is 2. The van der Waals surface area contributed by atoms with E-state index in [9.17, 15) is 14.0 Å². The van der Waals surface area contributed by atoms with E-state index >= 15 is 0 Å². The van der Waals surface area contributed by atoms with E-state index in [-0.39, 0.29) is 11.1 Å². The van der Waals surface area contributed by atoms with Crippen LogP contribution in [0.2, 0.25) is 0 Å². The molecule has 0 spiro atoms. The van der Waals surface area contributed by atoms with Crippen LogP contribution in [0.5, 0.6) is 0 Å². The first-order valence-electron chi connectivity index (χ1n) is 3.41. The van der Waals surface area contributed by atoms with Crippen molar-refractivity contribution in [1.29, 1.82) is 0 Å². The van der Waals surface area contributed by atoms with E-state index in [2.05, 4.69) is 0 Å². The molecule has 0 bridgehead atoms. The SMILES string of the molecule is CC(=O)c1c(F)cccc1C=O. The molecule has 0 aliphatic rings. The van der Waals surface area contributed by atoms with Gasteiger partial charge in [0.2, 0.25) is 0 Å². The van der Waals surface area contributed by atoms with Crippen LogP contribution in [0.4, 0.5) is 4.39 Å². The average molecular weight is 166 g/mol. The van der Waals surface area contributed by atoms with E-state index < -0.39 is 11.6 Å². The quantitative estimate of drug-likeness (QED) is 0.496. The van der Waals surface area contributed by atoms with Gasteiger partial charge in [0.05, 0.1) is 5.56 Å². The number of hydrogen-bond acceptors (Lipinski definition) is 2. The third kappa shape index (κ3) is 1.39. The van der Waals surface area contributed by atoms with Gasteiger partial charge in [-0.15, -0.1) is 0 Å². The Labute approximate surface area is 69.0 Å². The molecule has 0 radical (unpaired) electrons. The molecule has 1 aromatic carbocycles. The topological polar surface area (TPSA) is 34.1 Å². The van der Waals surface area contributed by atoms with Crippen molar-refractivity contribution < 1.29 is 14.0 Å². The molecular formula is C9H7FO2. The summed E-state index contributed by atoms with van der Waals surface area (Å²) in [5.74, 6) is -1.08. The van der Waals surface area contributed by atoms with Gasteiger partial charge < -0.3 is 0 Å². The lowest BCUT2D eigenvalue weighted by Gasteiger charge is -2.00. The van der Waals surface area contributed by atoms with Crippen LogP contribution in [0.3, 0.4) is 0 Å². The zero-order valence-electron chi connectivity index (χ0n) is 6.50. The number of Topliss-reactive ketones (excluding diaryl/α,β-unsaturated/α-hetero) is 1. The predicted molar refractivity (Wildman–Crippen MR) is 41.8 cm³/mol. The number of rotatable bonds is 2. The number of benzene rings is 1. The Kier molecular flexibility index (Phi) is 2.33. The maximum absolute atomic E-state index is 12.9. The molecule has 1 rings (SSSR count). The van der Waals surface area contributed by atoms with Crippen molar-refractivity contribution in [2.75, 3.05) is 0 Å². The Bertz CT molecular complexity index is 331. The van der Waals surface area contributed by atoms with Gasteiger partial charge in [0.15, 0.2) is 12.1 Å². The lowest BCUT2D eigenvalue weighted by molar-refractivity contribution is 0.100. The minimum absolute atomic E-state index is 0.0995. The molecule has 0 saturated carbocycles. The molecule has 0 atom stereocenters. The van der Waals surface area contributed by atoms with Crippen LogP contribution in [0.15, 0.2) is 18.2 Å². The molecule has 0 fully saturated rings. The van der Waals surface area contributed by atoms with E-state index in [1.54, 1.807) is 0 Å². The van der Waals surface area contributed by atoms with Crippen molar-refractivity contribution in [3.63, 3.8) is 0 Å². The van der Waals surface area contributed by atoms with E-state index in [4.69, 9.17) is 0 Å². The zero-order valence-corrected chi connectivity index (χ0v) is 6.50. The summed E-state index contributed by atoms with van der Waals surface area (Å²) in [6, 6.07) is 3.96. The molecule has 0 aliphatic carbocycles. The summed E-state index contributed by atoms with van der Waals surface area (Å²) < 4.78 is 12.9. The van der Waals surface area contributed by atoms with Crippen LogP contribution in [-0.2, 0) is 0 Å². The van der Waals surface area contributed by atoms with Gasteiger partial charge in [0, 0.05) is 5.56 Å². The van der Waals surface area contributed by atoms with Crippen LogP contribution in [0.1, 0.15) is 27.6 Å². The molecule has 12 heavy (non-hydrogen) atoms. The fourth-order valence-electron chi connectivity index (χ4n) is 1.01. The first-order valence-corrected chi connectivity index (χ1v) is 3.41. The van der Waals surface area contributed by atoms with E-state index in [0.717, 1.165) is 6.07 Å². The Morgan fingerprint density at radius 2 is 2.17 bits per heavy atom. The van der Waals surface area contributed by atoms with Gasteiger partial charge in [-0.25, -0.2) is 4.39 Å². The number of halogens is 1. The highest BCUT2D eigenvalue weighted by Crippen LogP contribution is 2.11. The Balaban J connectivity index is 3.39. The van der Waals surface area contributed by atoms with Crippen molar-refractivity contribution >= 4 is 12.1 Å². The first kappa shape index (κ1) is 8.59. The van der Waals surface area contributed by atoms with Gasteiger partial charge >= 0.3 is 0 Å². The van der Waals surface area contributed by atoms with E-state index in [1.165, 1.54) is 19.1 Å². The van der Waals surface area contributed by atoms with Crippen LogP contribution in [0.25, 0.3) is 0 Å². The highest BCUT2D eigenvalue weighted by atomic mass is 19.1. The van der Waals surface area contributed by atoms with Crippen molar-refractivity contribution in [2.45, 2.75) is 6.92 Å². The van der Waals surface area contributed by atoms with Gasteiger partial charge in [-0.05, 0) is 13.0 Å². The molecule has 2 nitrogen and oxygen atoms in total. The van der Waals surface area contributed by atoms with Gasteiger partial charge in [-0.1, -0.05) is 12.1 Å². The van der Waals surface area contributed by atoms with Gasteiger partial charge in [-0.3, -0.25) is 9.59 Å². The second kappa shape index (κ2) is 3.26. The first-order chi connectivity index (χ1) is 5.66. The van der Waals surface area contributed by atoms with Gasteiger partial charge in [0.25, 0.3) is 0 Å². The summed E-state index contributed by atoms with van der Waals surface area (Å²) in [7, 11) is 0. The second-order valence-corrected chi connectivity index (χ2v) is 2.38. The molecule has 0 amide bonds. The molecule has 0 N–H and O–H groups in total. The third-order valence-corrected chi connectivity index (χ3v) is 1.52. The minimum Gasteiger partial charge on any atom is -0.298 e. The smallest absolute Gasteiger partial charge is 0.163 e. The minimum atomic E-state index is -0.646. The fourth-order valence-corrected chi connectivity index (χ4v) is 1.01. The van der Waals surface area contributed by atoms with Crippen molar-refractivity contribution in [3.8, 4) is 0 Å². The maximum Gasteiger partial charge on any atom is 0.163 e. The molecule has 0 unspecified atom stereocenters. The molecule has 62 valence electrons. The predicted octanol–water partition coefficient (Wildman–Crippen LogP) is 1.84. The van der Waals surface area contributed by atoms with Crippen molar-refractivity contribution in [2.24, 2.45) is 0 Å². The van der Waals surface area contributed by atoms with Crippen LogP contribution in [-0.4, -0.2) is 12.1 Å². The summed E-state index contributed by atoms with van der Waals surface area (Å²) in [5.41, 5.74) is -0.0324. The van der Waals surface area contributed by atoms with Crippen LogP contribution < -0.4 is 0 Å². The van der Waals surface area contributed by atoms with Crippen molar-refractivity contribution in [3.05, 3.63) is 35.1 Å². The Hall–Kier alpha value is -1.51. The molecular weight excluding hydrogens is 159 g/mol. The monoisotopic (exact) mass is 166 g/mol. The van der Waals surface area contributed by atoms with E-state index in [1.807, 2.05) is 0 Å². The molecule has 1 aromatic rings. The zero-order chi connectivity index (χ0) is 9.14. The number of aldehydes is 1. The van der Waals surface area contributed by atoms with Gasteiger partial charge in [-0.2, -0.15) is 0 Å². The molecule has 0 aliphatic heterocycles. The Morgan fingerprint density at radius 3 is 2.58 bits per heavy atom. The van der Waals surface area contributed by atoms with E-state index in [0.29, 0.717) is 6.29 Å². The standard InChI is InChI=1S/C9H7FO2/c1-6(12)9-7(5-11)3-2-4-8(9)10/h2-5H,1H3. The van der Waals surface area contributed by atoms with Gasteiger partial charge in [0.1, 0.15) is 5.82 Å². The normalized spacial score (nSPS) is 9.50. The highest BCUT2D eigenvalue weighted by Gasteiger charge is 2.11. The number of carbonyl (C=O) groups excluding carboxylic acids is 2. The summed E-state index contributed by atoms with van der Waals surface area (Å²) in [4.78, 5) is 21.2. The van der Waals surface area contributed by atoms with Crippen LogP contribution >= 0.6 is 0 Å². The highest BCUT2D eigenvalue weighted by molar-refractivity contribution is 6.01. The lowest BCUT2D eigenvalue weighted by atomic mass is 10.1. The molecule has 3 heteroatoms. The molecule has 0 saturated heterocycles. The number of ketones is 1. The largest absolute Gasteiger partial charge is 0.298 e. The van der Waals surface area contributed by atoms with Crippen molar-refractivity contribution in [1.82, 2.24) is 0 Å². The molecule has 0 aromatic heterocycles. The molecule has 0 heterocycles. The summed E-state index contributed by atoms with van der Waals surface area (Å²) >= 11 is 0. The maximum atomic E-state index is 12.9. The third-order valence-electron chi connectivity index (χ3n) is 1.52. The lowest BCUT2D eigenvalue weighted by Crippen LogP contribution is -2.02. The van der Waals surface area contributed by atoms with Crippen LogP contribution in [0, 0.1) is 5.82 Å². The second-order valence-electron chi connectivity index (χ2n) is 2.38. The average Bonchev–Trinajstić information content (AvgIpc) is 2.03. The summed E-state index contributed by atoms with van der Waals surface area (Å²) in [6.45, 7) is 1.23. The summed E-state index contributed by atoms with van der Waals surface area (Å²) in [6.07, 6.45) is 0.472.